The summed E-state index contributed by atoms with van der Waals surface area (Å²) in [5.41, 5.74) is 0. The minimum atomic E-state index is -3.47. The van der Waals surface area contributed by atoms with Gasteiger partial charge in [-0.3, -0.25) is 0 Å². The van der Waals surface area contributed by atoms with Gasteiger partial charge in [0.15, 0.2) is 5.03 Å². The van der Waals surface area contributed by atoms with E-state index in [4.69, 9.17) is 0 Å². The molecule has 0 aliphatic heterocycles. The number of sulfonamides is 1. The Bertz CT molecular complexity index is 510. The third-order valence-electron chi connectivity index (χ3n) is 3.90. The van der Waals surface area contributed by atoms with Gasteiger partial charge in [0.25, 0.3) is 10.0 Å². The summed E-state index contributed by atoms with van der Waals surface area (Å²) >= 11 is 0. The Balaban J connectivity index is 2.11. The van der Waals surface area contributed by atoms with Crippen molar-refractivity contribution in [2.45, 2.75) is 63.4 Å². The molecule has 2 atom stereocenters. The molecule has 0 spiro atoms. The van der Waals surface area contributed by atoms with Gasteiger partial charge >= 0.3 is 0 Å². The molecule has 1 aliphatic carbocycles. The lowest BCUT2D eigenvalue weighted by Gasteiger charge is -2.22. The van der Waals surface area contributed by atoms with Gasteiger partial charge in [0.1, 0.15) is 5.82 Å². The summed E-state index contributed by atoms with van der Waals surface area (Å²) in [6.07, 6.45) is 7.63. The predicted octanol–water partition coefficient (Wildman–Crippen LogP) is 2.22. The SMILES string of the molecule is CCc1ncc(S(=O)(=O)NC2CCCCCC2C)[nH]1. The molecule has 2 N–H and O–H groups in total. The number of nitrogens with zero attached hydrogens (tertiary/aromatic N) is 1. The molecule has 6 heteroatoms. The lowest BCUT2D eigenvalue weighted by atomic mass is 9.98. The average molecular weight is 285 g/mol. The first-order chi connectivity index (χ1) is 9.03. The van der Waals surface area contributed by atoms with E-state index in [1.807, 2.05) is 6.92 Å². The fraction of sp³-hybridized carbons (Fsp3) is 0.769. The van der Waals surface area contributed by atoms with Crippen LogP contribution in [0.3, 0.4) is 0 Å². The van der Waals surface area contributed by atoms with Crippen LogP contribution in [0, 0.1) is 5.92 Å². The molecule has 1 heterocycles. The topological polar surface area (TPSA) is 74.8 Å². The number of hydrogen-bond donors (Lipinski definition) is 2. The van der Waals surface area contributed by atoms with Gasteiger partial charge in [-0.05, 0) is 18.8 Å². The molecule has 1 aromatic heterocycles. The molecular weight excluding hydrogens is 262 g/mol. The van der Waals surface area contributed by atoms with E-state index < -0.39 is 10.0 Å². The fourth-order valence-corrected chi connectivity index (χ4v) is 3.91. The number of nitrogens with one attached hydrogen (secondary N) is 2. The van der Waals surface area contributed by atoms with E-state index in [1.54, 1.807) is 0 Å². The van der Waals surface area contributed by atoms with Gasteiger partial charge in [0.2, 0.25) is 0 Å². The minimum absolute atomic E-state index is 0.0425. The molecule has 2 unspecified atom stereocenters. The molecule has 1 fully saturated rings. The van der Waals surface area contributed by atoms with Crippen LogP contribution in [0.5, 0.6) is 0 Å². The number of imidazole rings is 1. The highest BCUT2D eigenvalue weighted by atomic mass is 32.2. The fourth-order valence-electron chi connectivity index (χ4n) is 2.59. The van der Waals surface area contributed by atoms with Gasteiger partial charge in [0, 0.05) is 12.5 Å². The van der Waals surface area contributed by atoms with Crippen molar-refractivity contribution < 1.29 is 8.42 Å². The second-order valence-electron chi connectivity index (χ2n) is 5.39. The number of aryl methyl sites for hydroxylation is 1. The summed E-state index contributed by atoms with van der Waals surface area (Å²) in [5, 5.41) is 0.181. The van der Waals surface area contributed by atoms with Crippen LogP contribution in [-0.4, -0.2) is 24.4 Å². The summed E-state index contributed by atoms with van der Waals surface area (Å²) < 4.78 is 27.4. The Hall–Kier alpha value is -0.880. The van der Waals surface area contributed by atoms with Gasteiger partial charge in [-0.1, -0.05) is 33.1 Å². The van der Waals surface area contributed by atoms with Crippen molar-refractivity contribution in [1.29, 1.82) is 0 Å². The Morgan fingerprint density at radius 2 is 2.11 bits per heavy atom. The quantitative estimate of drug-likeness (QED) is 0.833. The highest BCUT2D eigenvalue weighted by molar-refractivity contribution is 7.89. The zero-order valence-electron chi connectivity index (χ0n) is 11.6. The molecule has 108 valence electrons. The van der Waals surface area contributed by atoms with E-state index in [1.165, 1.54) is 19.0 Å². The maximum Gasteiger partial charge on any atom is 0.257 e. The van der Waals surface area contributed by atoms with Crippen LogP contribution in [0.2, 0.25) is 0 Å². The summed E-state index contributed by atoms with van der Waals surface area (Å²) in [4.78, 5) is 6.92. The van der Waals surface area contributed by atoms with Gasteiger partial charge in [-0.15, -0.1) is 0 Å². The highest BCUT2D eigenvalue weighted by Gasteiger charge is 2.26. The Labute approximate surface area is 115 Å². The van der Waals surface area contributed by atoms with Crippen LogP contribution in [0.1, 0.15) is 51.8 Å². The number of aromatic amines is 1. The van der Waals surface area contributed by atoms with Gasteiger partial charge in [-0.25, -0.2) is 18.1 Å². The predicted molar refractivity (Wildman–Crippen MR) is 74.3 cm³/mol. The zero-order valence-corrected chi connectivity index (χ0v) is 12.5. The van der Waals surface area contributed by atoms with Crippen molar-refractivity contribution in [2.24, 2.45) is 5.92 Å². The standard InChI is InChI=1S/C13H23N3O2S/c1-3-12-14-9-13(15-12)19(17,18)16-11-8-6-4-5-7-10(11)2/h9-11,16H,3-8H2,1-2H3,(H,14,15). The molecule has 19 heavy (non-hydrogen) atoms. The van der Waals surface area contributed by atoms with Crippen LogP contribution < -0.4 is 4.72 Å². The second kappa shape index (κ2) is 6.05. The van der Waals surface area contributed by atoms with Gasteiger partial charge < -0.3 is 4.98 Å². The lowest BCUT2D eigenvalue weighted by molar-refractivity contribution is 0.399. The first-order valence-corrected chi connectivity index (χ1v) is 8.57. The van der Waals surface area contributed by atoms with E-state index in [9.17, 15) is 8.42 Å². The van der Waals surface area contributed by atoms with Crippen LogP contribution in [-0.2, 0) is 16.4 Å². The molecule has 0 bridgehead atoms. The smallest absolute Gasteiger partial charge is 0.257 e. The largest absolute Gasteiger partial charge is 0.332 e. The van der Waals surface area contributed by atoms with Crippen molar-refractivity contribution in [2.75, 3.05) is 0 Å². The molecule has 1 saturated carbocycles. The van der Waals surface area contributed by atoms with Crippen LogP contribution >= 0.6 is 0 Å². The first-order valence-electron chi connectivity index (χ1n) is 7.09. The van der Waals surface area contributed by atoms with Crippen molar-refractivity contribution in [3.8, 4) is 0 Å². The Kier molecular flexibility index (Phi) is 4.62. The van der Waals surface area contributed by atoms with Crippen molar-refractivity contribution in [1.82, 2.24) is 14.7 Å². The van der Waals surface area contributed by atoms with E-state index in [0.29, 0.717) is 18.2 Å². The van der Waals surface area contributed by atoms with E-state index in [2.05, 4.69) is 21.6 Å². The molecule has 0 aromatic carbocycles. The monoisotopic (exact) mass is 285 g/mol. The summed E-state index contributed by atoms with van der Waals surface area (Å²) in [5.74, 6) is 1.10. The zero-order chi connectivity index (χ0) is 13.9. The number of H-pyrrole nitrogens is 1. The molecular formula is C13H23N3O2S. The summed E-state index contributed by atoms with van der Waals surface area (Å²) in [6.45, 7) is 4.07. The van der Waals surface area contributed by atoms with Crippen LogP contribution in [0.4, 0.5) is 0 Å². The minimum Gasteiger partial charge on any atom is -0.332 e. The maximum atomic E-state index is 12.3. The second-order valence-corrected chi connectivity index (χ2v) is 7.07. The molecule has 2 rings (SSSR count). The molecule has 0 saturated heterocycles. The van der Waals surface area contributed by atoms with E-state index >= 15 is 0 Å². The molecule has 1 aromatic rings. The number of rotatable bonds is 4. The maximum absolute atomic E-state index is 12.3. The van der Waals surface area contributed by atoms with Crippen LogP contribution in [0.25, 0.3) is 0 Å². The number of aromatic nitrogens is 2. The Morgan fingerprint density at radius 3 is 2.79 bits per heavy atom. The highest BCUT2D eigenvalue weighted by Crippen LogP contribution is 2.24. The van der Waals surface area contributed by atoms with Crippen molar-refractivity contribution in [3.05, 3.63) is 12.0 Å². The average Bonchev–Trinajstić information content (AvgIpc) is 2.78. The third-order valence-corrected chi connectivity index (χ3v) is 5.30. The van der Waals surface area contributed by atoms with Crippen molar-refractivity contribution >= 4 is 10.0 Å². The third kappa shape index (κ3) is 3.57. The lowest BCUT2D eigenvalue weighted by Crippen LogP contribution is -2.38. The number of hydrogen-bond acceptors (Lipinski definition) is 3. The summed E-state index contributed by atoms with van der Waals surface area (Å²) in [6, 6.07) is 0.0425. The summed E-state index contributed by atoms with van der Waals surface area (Å²) in [7, 11) is -3.47. The molecule has 1 aliphatic rings. The van der Waals surface area contributed by atoms with Crippen LogP contribution in [0.15, 0.2) is 11.2 Å². The van der Waals surface area contributed by atoms with E-state index in [-0.39, 0.29) is 11.1 Å². The normalized spacial score (nSPS) is 25.2. The molecule has 5 nitrogen and oxygen atoms in total. The van der Waals surface area contributed by atoms with Gasteiger partial charge in [-0.2, -0.15) is 0 Å². The molecule has 0 amide bonds. The first kappa shape index (κ1) is 14.5. The van der Waals surface area contributed by atoms with Crippen molar-refractivity contribution in [3.63, 3.8) is 0 Å². The van der Waals surface area contributed by atoms with Gasteiger partial charge in [0.05, 0.1) is 6.20 Å². The van der Waals surface area contributed by atoms with E-state index in [0.717, 1.165) is 19.3 Å². The Morgan fingerprint density at radius 1 is 1.37 bits per heavy atom. The molecule has 0 radical (unpaired) electrons.